The molecule has 2 aromatic carbocycles. The highest BCUT2D eigenvalue weighted by Crippen LogP contribution is 2.43. The minimum atomic E-state index is -2.10. The number of benzene rings is 2. The van der Waals surface area contributed by atoms with Gasteiger partial charge < -0.3 is 19.3 Å². The normalized spacial score (nSPS) is 22.4. The maximum atomic E-state index is 17.5. The van der Waals surface area contributed by atoms with Gasteiger partial charge in [0.15, 0.2) is 5.82 Å². The Morgan fingerprint density at radius 2 is 1.71 bits per heavy atom. The molecule has 3 aliphatic rings. The van der Waals surface area contributed by atoms with Crippen molar-refractivity contribution in [1.29, 1.82) is 0 Å². The maximum absolute atomic E-state index is 17.5. The number of aromatic nitrogens is 3. The molecule has 5 heterocycles. The number of nitrogens with zero attached hydrogens (tertiary/aromatic N) is 6. The number of anilines is 1. The van der Waals surface area contributed by atoms with Gasteiger partial charge in [0.2, 0.25) is 0 Å². The first-order valence-corrected chi connectivity index (χ1v) is 23.4. The Morgan fingerprint density at radius 1 is 1.02 bits per heavy atom. The molecule has 0 spiro atoms. The molecule has 0 N–H and O–H groups in total. The maximum Gasteiger partial charge on any atom is 0.410 e. The third kappa shape index (κ3) is 7.99. The number of likely N-dealkylation sites (N-methyl/N-ethyl adjacent to an activating group) is 1. The Kier molecular flexibility index (Phi) is 11.7. The van der Waals surface area contributed by atoms with Crippen LogP contribution in [0.15, 0.2) is 42.6 Å². The molecule has 4 atom stereocenters. The van der Waals surface area contributed by atoms with Crippen molar-refractivity contribution in [3.63, 3.8) is 0 Å². The summed E-state index contributed by atoms with van der Waals surface area (Å²) in [6, 6.07) is 10.8. The molecule has 3 aliphatic heterocycles. The zero-order valence-corrected chi connectivity index (χ0v) is 37.2. The molecule has 7 rings (SSSR count). The monoisotopic (exact) mass is 828 g/mol. The van der Waals surface area contributed by atoms with E-state index in [-0.39, 0.29) is 48.1 Å². The fraction of sp³-hybridized carbons (Fsp3) is 0.565. The SMILES string of the molecule is CC(C)[Si](C#Cc1cccc2cccc(-c3ncc4c(N(C)[C@H]5CN(C(=O)OC(C)(C)C)C[C@H]5F)nc(OC[C@@]56CCCN5C[C@H](F)C6)nc4c3F)c12)(C(C)C)C(C)C. The van der Waals surface area contributed by atoms with Crippen LogP contribution in [0, 0.1) is 17.3 Å². The molecule has 0 radical (unpaired) electrons. The molecular weight excluding hydrogens is 770 g/mol. The predicted molar refractivity (Wildman–Crippen MR) is 232 cm³/mol. The zero-order valence-electron chi connectivity index (χ0n) is 36.2. The Hall–Kier alpha value is -4.41. The molecular formula is C46H59F3N6O3Si. The molecule has 59 heavy (non-hydrogen) atoms. The number of carbonyl (C=O) groups is 1. The smallest absolute Gasteiger partial charge is 0.410 e. The highest BCUT2D eigenvalue weighted by Gasteiger charge is 2.50. The molecule has 0 bridgehead atoms. The van der Waals surface area contributed by atoms with Gasteiger partial charge in [-0.1, -0.05) is 77.8 Å². The molecule has 13 heteroatoms. The summed E-state index contributed by atoms with van der Waals surface area (Å²) >= 11 is 0. The lowest BCUT2D eigenvalue weighted by Crippen LogP contribution is -2.43. The predicted octanol–water partition coefficient (Wildman–Crippen LogP) is 9.90. The van der Waals surface area contributed by atoms with Crippen molar-refractivity contribution in [3.8, 4) is 28.7 Å². The lowest BCUT2D eigenvalue weighted by molar-refractivity contribution is 0.0283. The summed E-state index contributed by atoms with van der Waals surface area (Å²) in [5, 5.41) is 1.96. The zero-order chi connectivity index (χ0) is 42.6. The second-order valence-corrected chi connectivity index (χ2v) is 24.4. The van der Waals surface area contributed by atoms with Crippen molar-refractivity contribution in [2.24, 2.45) is 0 Å². The average Bonchev–Trinajstić information content (AvgIpc) is 3.84. The molecule has 0 aliphatic carbocycles. The fourth-order valence-corrected chi connectivity index (χ4v) is 15.4. The lowest BCUT2D eigenvalue weighted by Gasteiger charge is -2.38. The number of rotatable bonds is 9. The van der Waals surface area contributed by atoms with E-state index in [1.165, 1.54) is 11.1 Å². The standard InChI is InChI=1S/C46H59F3N6O3Si/c1-28(2)59(29(3)4,30(5)6)21-18-32-15-11-14-31-16-12-17-34(38(31)32)40-39(49)41-35(23-50-40)42(53(10)37-26-54(25-36(37)48)44(56)58-45(7,8)9)52-43(51-41)57-27-46-19-13-20-55(46)24-33(47)22-46/h11-12,14-17,23,28-30,33,36-37H,13,19-20,22,24-27H2,1-10H3/t33-,36-,37+,46+/m1/s1. The van der Waals surface area contributed by atoms with Gasteiger partial charge in [-0.15, -0.1) is 5.54 Å². The number of carbonyl (C=O) groups excluding carboxylic acids is 1. The van der Waals surface area contributed by atoms with Gasteiger partial charge in [-0.05, 0) is 68.2 Å². The van der Waals surface area contributed by atoms with Crippen LogP contribution in [-0.2, 0) is 4.74 Å². The third-order valence-electron chi connectivity index (χ3n) is 13.0. The molecule has 9 nitrogen and oxygen atoms in total. The van der Waals surface area contributed by atoms with E-state index in [0.717, 1.165) is 35.7 Å². The molecule has 3 fully saturated rings. The minimum Gasteiger partial charge on any atom is -0.461 e. The highest BCUT2D eigenvalue weighted by molar-refractivity contribution is 6.90. The molecule has 4 aromatic rings. The van der Waals surface area contributed by atoms with Crippen LogP contribution in [0.25, 0.3) is 32.9 Å². The number of fused-ring (bicyclic) bond motifs is 3. The van der Waals surface area contributed by atoms with E-state index in [1.807, 2.05) is 36.4 Å². The van der Waals surface area contributed by atoms with E-state index < -0.39 is 49.5 Å². The van der Waals surface area contributed by atoms with Crippen molar-refractivity contribution in [3.05, 3.63) is 54.0 Å². The first-order valence-electron chi connectivity index (χ1n) is 21.1. The van der Waals surface area contributed by atoms with Gasteiger partial charge >= 0.3 is 12.1 Å². The Morgan fingerprint density at radius 3 is 2.39 bits per heavy atom. The van der Waals surface area contributed by atoms with Crippen LogP contribution in [0.3, 0.4) is 0 Å². The molecule has 0 saturated carbocycles. The van der Waals surface area contributed by atoms with E-state index in [1.54, 1.807) is 32.7 Å². The Labute approximate surface area is 348 Å². The molecule has 3 saturated heterocycles. The summed E-state index contributed by atoms with van der Waals surface area (Å²) in [6.07, 6.45) is 0.527. The first-order chi connectivity index (χ1) is 27.8. The number of likely N-dealkylation sites (tertiary alicyclic amines) is 1. The van der Waals surface area contributed by atoms with E-state index in [2.05, 4.69) is 62.9 Å². The van der Waals surface area contributed by atoms with E-state index in [4.69, 9.17) is 19.4 Å². The largest absolute Gasteiger partial charge is 0.461 e. The Bertz CT molecular complexity index is 2260. The number of halogens is 3. The van der Waals surface area contributed by atoms with Crippen molar-refractivity contribution in [1.82, 2.24) is 24.8 Å². The van der Waals surface area contributed by atoms with Crippen LogP contribution in [0.4, 0.5) is 23.8 Å². The first kappa shape index (κ1) is 42.7. The lowest BCUT2D eigenvalue weighted by atomic mass is 9.95. The highest BCUT2D eigenvalue weighted by atomic mass is 28.3. The summed E-state index contributed by atoms with van der Waals surface area (Å²) in [7, 11) is -0.432. The van der Waals surface area contributed by atoms with Gasteiger partial charge in [0, 0.05) is 49.3 Å². The number of alkyl halides is 2. The number of pyridine rings is 1. The second-order valence-electron chi connectivity index (χ2n) is 18.8. The van der Waals surface area contributed by atoms with Crippen LogP contribution < -0.4 is 9.64 Å². The molecule has 1 amide bonds. The van der Waals surface area contributed by atoms with Gasteiger partial charge in [-0.25, -0.2) is 18.0 Å². The van der Waals surface area contributed by atoms with Crippen molar-refractivity contribution < 1.29 is 27.4 Å². The number of amides is 1. The molecule has 316 valence electrons. The quantitative estimate of drug-likeness (QED) is 0.122. The number of ether oxygens (including phenoxy) is 2. The van der Waals surface area contributed by atoms with Gasteiger partial charge in [0.1, 0.15) is 49.7 Å². The summed E-state index contributed by atoms with van der Waals surface area (Å²) in [6.45, 7) is 20.1. The van der Waals surface area contributed by atoms with Crippen LogP contribution >= 0.6 is 0 Å². The topological polar surface area (TPSA) is 83.9 Å². The van der Waals surface area contributed by atoms with E-state index in [9.17, 15) is 9.18 Å². The molecule has 2 aromatic heterocycles. The second kappa shape index (κ2) is 16.2. The van der Waals surface area contributed by atoms with Crippen LogP contribution in [0.5, 0.6) is 6.01 Å². The minimum absolute atomic E-state index is 0.0204. The third-order valence-corrected chi connectivity index (χ3v) is 19.3. The van der Waals surface area contributed by atoms with Crippen LogP contribution in [-0.4, -0.2) is 108 Å². The van der Waals surface area contributed by atoms with Gasteiger partial charge in [0.25, 0.3) is 0 Å². The van der Waals surface area contributed by atoms with Crippen molar-refractivity contribution >= 4 is 41.7 Å². The Balaban J connectivity index is 1.34. The van der Waals surface area contributed by atoms with Crippen molar-refractivity contribution in [2.75, 3.05) is 44.7 Å². The summed E-state index contributed by atoms with van der Waals surface area (Å²) in [5.74, 6) is 3.13. The van der Waals surface area contributed by atoms with Gasteiger partial charge in [-0.3, -0.25) is 9.88 Å². The van der Waals surface area contributed by atoms with Crippen LogP contribution in [0.2, 0.25) is 16.6 Å². The fourth-order valence-electron chi connectivity index (χ4n) is 10.2. The number of hydrogen-bond acceptors (Lipinski definition) is 8. The summed E-state index contributed by atoms with van der Waals surface area (Å²) in [5.41, 5.74) is 5.32. The van der Waals surface area contributed by atoms with E-state index >= 15 is 8.78 Å². The summed E-state index contributed by atoms with van der Waals surface area (Å²) in [4.78, 5) is 32.2. The summed E-state index contributed by atoms with van der Waals surface area (Å²) < 4.78 is 60.0. The van der Waals surface area contributed by atoms with Crippen LogP contribution in [0.1, 0.15) is 87.1 Å². The molecule has 0 unspecified atom stereocenters. The van der Waals surface area contributed by atoms with Gasteiger partial charge in [-0.2, -0.15) is 9.97 Å². The van der Waals surface area contributed by atoms with Gasteiger partial charge in [0.05, 0.1) is 23.5 Å². The van der Waals surface area contributed by atoms with E-state index in [0.29, 0.717) is 35.2 Å². The number of hydrogen-bond donors (Lipinski definition) is 0. The van der Waals surface area contributed by atoms with Crippen molar-refractivity contribution in [2.45, 2.75) is 128 Å². The average molecular weight is 829 g/mol.